The van der Waals surface area contributed by atoms with Crippen LogP contribution in [0.5, 0.6) is 5.75 Å². The summed E-state index contributed by atoms with van der Waals surface area (Å²) in [6.07, 6.45) is 5.90. The van der Waals surface area contributed by atoms with Crippen molar-refractivity contribution in [3.63, 3.8) is 0 Å². The zero-order valence-corrected chi connectivity index (χ0v) is 22.9. The van der Waals surface area contributed by atoms with E-state index in [-0.39, 0.29) is 5.75 Å². The lowest BCUT2D eigenvalue weighted by Crippen LogP contribution is -2.27. The molecule has 1 aliphatic rings. The van der Waals surface area contributed by atoms with Crippen LogP contribution in [0.25, 0.3) is 22.2 Å². The standard InChI is InChI=1S/C29H38N4O3S/c1-4-18-37(34,35)32-23-12-10-22(11-13-23)29-27(20-30)26-15-14-25(36-17-7-16-31-21(3)5-2)19-28(26)33(29)24-8-6-9-24/h10-15,19,21,24,31-32H,4-9,16-18H2,1-3H3. The van der Waals surface area contributed by atoms with E-state index in [2.05, 4.69) is 40.6 Å². The van der Waals surface area contributed by atoms with Crippen molar-refractivity contribution < 1.29 is 13.2 Å². The molecule has 0 spiro atoms. The fraction of sp³-hybridized carbons (Fsp3) is 0.483. The third kappa shape index (κ3) is 6.28. The molecule has 0 saturated heterocycles. The monoisotopic (exact) mass is 522 g/mol. The van der Waals surface area contributed by atoms with Crippen LogP contribution in [-0.4, -0.2) is 37.9 Å². The fourth-order valence-corrected chi connectivity index (χ4v) is 5.89. The molecule has 1 saturated carbocycles. The summed E-state index contributed by atoms with van der Waals surface area (Å²) in [5.41, 5.74) is 3.97. The highest BCUT2D eigenvalue weighted by molar-refractivity contribution is 7.92. The molecule has 7 nitrogen and oxygen atoms in total. The number of nitrogens with zero attached hydrogens (tertiary/aromatic N) is 2. The van der Waals surface area contributed by atoms with Gasteiger partial charge in [0.05, 0.1) is 29.1 Å². The number of fused-ring (bicyclic) bond motifs is 1. The zero-order valence-electron chi connectivity index (χ0n) is 22.1. The van der Waals surface area contributed by atoms with Crippen LogP contribution in [0.3, 0.4) is 0 Å². The van der Waals surface area contributed by atoms with E-state index in [9.17, 15) is 13.7 Å². The van der Waals surface area contributed by atoms with Crippen molar-refractivity contribution in [2.45, 2.75) is 71.4 Å². The van der Waals surface area contributed by atoms with Crippen LogP contribution in [0.4, 0.5) is 5.69 Å². The molecule has 3 aromatic rings. The lowest BCUT2D eigenvalue weighted by Gasteiger charge is -2.30. The maximum atomic E-state index is 12.2. The minimum atomic E-state index is -3.36. The van der Waals surface area contributed by atoms with Crippen molar-refractivity contribution in [2.24, 2.45) is 0 Å². The minimum Gasteiger partial charge on any atom is -0.493 e. The quantitative estimate of drug-likeness (QED) is 0.260. The first-order valence-corrected chi connectivity index (χ1v) is 15.1. The van der Waals surface area contributed by atoms with Crippen molar-refractivity contribution in [2.75, 3.05) is 23.6 Å². The lowest BCUT2D eigenvalue weighted by molar-refractivity contribution is 0.304. The second kappa shape index (κ2) is 12.0. The van der Waals surface area contributed by atoms with Crippen LogP contribution in [0.15, 0.2) is 42.5 Å². The Balaban J connectivity index is 1.63. The molecule has 1 heterocycles. The number of ether oxygens (including phenoxy) is 1. The SMILES string of the molecule is CCCS(=O)(=O)Nc1ccc(-c2c(C#N)c3ccc(OCCCNC(C)CC)cc3n2C2CCC2)cc1. The Morgan fingerprint density at radius 3 is 2.54 bits per heavy atom. The van der Waals surface area contributed by atoms with Gasteiger partial charge in [-0.05, 0) is 81.8 Å². The molecule has 1 unspecified atom stereocenters. The summed E-state index contributed by atoms with van der Waals surface area (Å²) in [7, 11) is -3.36. The maximum absolute atomic E-state index is 12.2. The van der Waals surface area contributed by atoms with Gasteiger partial charge in [-0.1, -0.05) is 26.0 Å². The van der Waals surface area contributed by atoms with Crippen LogP contribution in [0.2, 0.25) is 0 Å². The van der Waals surface area contributed by atoms with Crippen LogP contribution in [0.1, 0.15) is 70.9 Å². The van der Waals surface area contributed by atoms with Crippen molar-refractivity contribution in [1.29, 1.82) is 5.26 Å². The number of rotatable bonds is 13. The summed E-state index contributed by atoms with van der Waals surface area (Å²) in [5, 5.41) is 14.6. The number of nitriles is 1. The van der Waals surface area contributed by atoms with Gasteiger partial charge in [0.25, 0.3) is 0 Å². The first-order valence-electron chi connectivity index (χ1n) is 13.4. The molecule has 0 amide bonds. The minimum absolute atomic E-state index is 0.0853. The molecule has 1 aliphatic carbocycles. The summed E-state index contributed by atoms with van der Waals surface area (Å²) < 4.78 is 35.4. The Morgan fingerprint density at radius 1 is 1.16 bits per heavy atom. The van der Waals surface area contributed by atoms with E-state index < -0.39 is 10.0 Å². The Labute approximate surface area is 220 Å². The molecule has 1 fully saturated rings. The highest BCUT2D eigenvalue weighted by Gasteiger charge is 2.28. The van der Waals surface area contributed by atoms with Crippen LogP contribution >= 0.6 is 0 Å². The normalized spacial score (nSPS) is 14.8. The molecule has 4 rings (SSSR count). The molecule has 37 heavy (non-hydrogen) atoms. The highest BCUT2D eigenvalue weighted by Crippen LogP contribution is 2.43. The number of sulfonamides is 1. The smallest absolute Gasteiger partial charge is 0.232 e. The van der Waals surface area contributed by atoms with Gasteiger partial charge in [0.2, 0.25) is 10.0 Å². The van der Waals surface area contributed by atoms with E-state index in [4.69, 9.17) is 4.74 Å². The predicted octanol–water partition coefficient (Wildman–Crippen LogP) is 6.21. The Hall–Kier alpha value is -3.02. The number of benzene rings is 2. The van der Waals surface area contributed by atoms with Crippen molar-refractivity contribution in [3.05, 3.63) is 48.0 Å². The second-order valence-corrected chi connectivity index (χ2v) is 11.8. The molecular formula is C29H38N4O3S. The molecule has 2 aromatic carbocycles. The average molecular weight is 523 g/mol. The van der Waals surface area contributed by atoms with Crippen LogP contribution < -0.4 is 14.8 Å². The second-order valence-electron chi connectivity index (χ2n) is 9.93. The van der Waals surface area contributed by atoms with Crippen molar-refractivity contribution >= 4 is 26.6 Å². The Kier molecular flexibility index (Phi) is 8.78. The predicted molar refractivity (Wildman–Crippen MR) is 151 cm³/mol. The molecule has 0 radical (unpaired) electrons. The lowest BCUT2D eigenvalue weighted by atomic mass is 9.92. The zero-order chi connectivity index (χ0) is 26.4. The van der Waals surface area contributed by atoms with Gasteiger partial charge in [-0.3, -0.25) is 4.72 Å². The van der Waals surface area contributed by atoms with Crippen LogP contribution in [-0.2, 0) is 10.0 Å². The van der Waals surface area contributed by atoms with Gasteiger partial charge >= 0.3 is 0 Å². The molecule has 0 aliphatic heterocycles. The molecule has 8 heteroatoms. The van der Waals surface area contributed by atoms with E-state index in [0.29, 0.717) is 36.4 Å². The third-order valence-electron chi connectivity index (χ3n) is 7.13. The first-order chi connectivity index (χ1) is 17.9. The number of anilines is 1. The average Bonchev–Trinajstić information content (AvgIpc) is 3.16. The summed E-state index contributed by atoms with van der Waals surface area (Å²) >= 11 is 0. The first kappa shape index (κ1) is 27.0. The fourth-order valence-electron chi connectivity index (χ4n) is 4.75. The van der Waals surface area contributed by atoms with Gasteiger partial charge in [-0.25, -0.2) is 8.42 Å². The number of nitrogens with one attached hydrogen (secondary N) is 2. The van der Waals surface area contributed by atoms with Gasteiger partial charge in [-0.15, -0.1) is 0 Å². The van der Waals surface area contributed by atoms with Crippen LogP contribution in [0, 0.1) is 11.3 Å². The summed E-state index contributed by atoms with van der Waals surface area (Å²) in [6, 6.07) is 16.6. The van der Waals surface area contributed by atoms with Crippen molar-refractivity contribution in [1.82, 2.24) is 9.88 Å². The molecule has 0 bridgehead atoms. The third-order valence-corrected chi connectivity index (χ3v) is 8.62. The Bertz CT molecular complexity index is 1350. The molecule has 1 atom stereocenters. The maximum Gasteiger partial charge on any atom is 0.232 e. The largest absolute Gasteiger partial charge is 0.493 e. The number of hydrogen-bond donors (Lipinski definition) is 2. The number of aromatic nitrogens is 1. The van der Waals surface area contributed by atoms with Gasteiger partial charge in [0, 0.05) is 29.2 Å². The summed E-state index contributed by atoms with van der Waals surface area (Å²) in [5.74, 6) is 0.896. The summed E-state index contributed by atoms with van der Waals surface area (Å²) in [4.78, 5) is 0. The summed E-state index contributed by atoms with van der Waals surface area (Å²) in [6.45, 7) is 7.75. The van der Waals surface area contributed by atoms with E-state index in [1.807, 2.05) is 31.2 Å². The highest BCUT2D eigenvalue weighted by atomic mass is 32.2. The van der Waals surface area contributed by atoms with E-state index in [1.54, 1.807) is 12.1 Å². The van der Waals surface area contributed by atoms with Gasteiger partial charge in [0.1, 0.15) is 11.8 Å². The molecule has 198 valence electrons. The number of hydrogen-bond acceptors (Lipinski definition) is 5. The van der Waals surface area contributed by atoms with Gasteiger partial charge in [-0.2, -0.15) is 5.26 Å². The topological polar surface area (TPSA) is 96.2 Å². The Morgan fingerprint density at radius 2 is 1.92 bits per heavy atom. The van der Waals surface area contributed by atoms with Crippen molar-refractivity contribution in [3.8, 4) is 23.1 Å². The molecule has 2 N–H and O–H groups in total. The van der Waals surface area contributed by atoms with Gasteiger partial charge < -0.3 is 14.6 Å². The van der Waals surface area contributed by atoms with Gasteiger partial charge in [0.15, 0.2) is 0 Å². The van der Waals surface area contributed by atoms with E-state index in [0.717, 1.165) is 60.1 Å². The molecule has 1 aromatic heterocycles. The van der Waals surface area contributed by atoms with E-state index in [1.165, 1.54) is 6.42 Å². The molecular weight excluding hydrogens is 484 g/mol. The van der Waals surface area contributed by atoms with E-state index >= 15 is 0 Å².